The third-order valence-corrected chi connectivity index (χ3v) is 4.06. The Morgan fingerprint density at radius 3 is 2.53 bits per heavy atom. The molecule has 2 aromatic rings. The molecule has 0 aliphatic rings. The average Bonchev–Trinajstić information content (AvgIpc) is 2.26. The highest BCUT2D eigenvalue weighted by molar-refractivity contribution is 7.92. The zero-order valence-corrected chi connectivity index (χ0v) is 11.8. The average molecular weight is 297 g/mol. The lowest BCUT2D eigenvalue weighted by Gasteiger charge is -2.09. The molecule has 2 aromatic carbocycles. The maximum absolute atomic E-state index is 12.2. The van der Waals surface area contributed by atoms with Gasteiger partial charge in [-0.25, -0.2) is 8.42 Å². The second-order valence-corrected chi connectivity index (χ2v) is 6.31. The summed E-state index contributed by atoms with van der Waals surface area (Å²) in [5, 5.41) is 0.462. The van der Waals surface area contributed by atoms with Gasteiger partial charge in [0.05, 0.1) is 10.6 Å². The van der Waals surface area contributed by atoms with Gasteiger partial charge in [0, 0.05) is 10.7 Å². The van der Waals surface area contributed by atoms with Gasteiger partial charge in [-0.15, -0.1) is 0 Å². The molecule has 0 amide bonds. The maximum Gasteiger partial charge on any atom is 0.261 e. The second kappa shape index (κ2) is 5.11. The first-order valence-electron chi connectivity index (χ1n) is 5.52. The predicted octanol–water partition coefficient (Wildman–Crippen LogP) is 3.03. The van der Waals surface area contributed by atoms with Crippen LogP contribution in [0.5, 0.6) is 0 Å². The fourth-order valence-corrected chi connectivity index (χ4v) is 3.08. The van der Waals surface area contributed by atoms with Gasteiger partial charge in [0.25, 0.3) is 10.0 Å². The quantitative estimate of drug-likeness (QED) is 0.855. The summed E-state index contributed by atoms with van der Waals surface area (Å²) < 4.78 is 26.9. The van der Waals surface area contributed by atoms with E-state index in [-0.39, 0.29) is 4.90 Å². The SMILES string of the molecule is Cc1cc(N)cc(S(=O)(=O)Nc2cccc(Cl)c2)c1. The van der Waals surface area contributed by atoms with Crippen LogP contribution in [0, 0.1) is 6.92 Å². The minimum Gasteiger partial charge on any atom is -0.399 e. The summed E-state index contributed by atoms with van der Waals surface area (Å²) >= 11 is 5.82. The predicted molar refractivity (Wildman–Crippen MR) is 77.9 cm³/mol. The lowest BCUT2D eigenvalue weighted by Crippen LogP contribution is -2.13. The van der Waals surface area contributed by atoms with E-state index >= 15 is 0 Å². The molecule has 0 bridgehead atoms. The van der Waals surface area contributed by atoms with E-state index in [2.05, 4.69) is 4.72 Å². The molecule has 0 saturated heterocycles. The smallest absolute Gasteiger partial charge is 0.261 e. The summed E-state index contributed by atoms with van der Waals surface area (Å²) in [4.78, 5) is 0.130. The number of nitrogens with two attached hydrogens (primary N) is 1. The number of nitrogen functional groups attached to an aromatic ring is 1. The van der Waals surface area contributed by atoms with Crippen molar-refractivity contribution in [1.82, 2.24) is 0 Å². The van der Waals surface area contributed by atoms with E-state index < -0.39 is 10.0 Å². The van der Waals surface area contributed by atoms with E-state index in [9.17, 15) is 8.42 Å². The van der Waals surface area contributed by atoms with Crippen molar-refractivity contribution < 1.29 is 8.42 Å². The van der Waals surface area contributed by atoms with Crippen LogP contribution in [0.25, 0.3) is 0 Å². The molecule has 6 heteroatoms. The highest BCUT2D eigenvalue weighted by atomic mass is 35.5. The Bertz CT molecular complexity index is 694. The van der Waals surface area contributed by atoms with Crippen LogP contribution in [0.1, 0.15) is 5.56 Å². The molecule has 0 atom stereocenters. The van der Waals surface area contributed by atoms with Crippen molar-refractivity contribution in [1.29, 1.82) is 0 Å². The fraction of sp³-hybridized carbons (Fsp3) is 0.0769. The van der Waals surface area contributed by atoms with Gasteiger partial charge < -0.3 is 5.73 Å². The summed E-state index contributed by atoms with van der Waals surface area (Å²) in [5.41, 5.74) is 7.26. The molecule has 0 aliphatic carbocycles. The molecular weight excluding hydrogens is 284 g/mol. The largest absolute Gasteiger partial charge is 0.399 e. The molecule has 0 unspecified atom stereocenters. The second-order valence-electron chi connectivity index (χ2n) is 4.20. The van der Waals surface area contributed by atoms with Crippen LogP contribution in [-0.4, -0.2) is 8.42 Å². The first kappa shape index (κ1) is 13.7. The van der Waals surface area contributed by atoms with Crippen LogP contribution in [-0.2, 0) is 10.0 Å². The van der Waals surface area contributed by atoms with Crippen LogP contribution in [0.2, 0.25) is 5.02 Å². The van der Waals surface area contributed by atoms with Crippen molar-refractivity contribution in [2.24, 2.45) is 0 Å². The molecule has 0 fully saturated rings. The standard InChI is InChI=1S/C13H13ClN2O2S/c1-9-5-11(15)8-13(6-9)19(17,18)16-12-4-2-3-10(14)7-12/h2-8,16H,15H2,1H3. The number of hydrogen-bond acceptors (Lipinski definition) is 3. The first-order chi connectivity index (χ1) is 8.87. The van der Waals surface area contributed by atoms with Crippen molar-refractivity contribution in [3.8, 4) is 0 Å². The van der Waals surface area contributed by atoms with Gasteiger partial charge in [0.2, 0.25) is 0 Å². The van der Waals surface area contributed by atoms with E-state index in [1.165, 1.54) is 12.1 Å². The molecule has 0 aliphatic heterocycles. The topological polar surface area (TPSA) is 72.2 Å². The number of halogens is 1. The Balaban J connectivity index is 2.37. The van der Waals surface area contributed by atoms with Crippen LogP contribution < -0.4 is 10.5 Å². The molecule has 0 aromatic heterocycles. The highest BCUT2D eigenvalue weighted by Gasteiger charge is 2.15. The van der Waals surface area contributed by atoms with E-state index in [0.29, 0.717) is 16.4 Å². The molecule has 0 heterocycles. The van der Waals surface area contributed by atoms with Gasteiger partial charge in [0.15, 0.2) is 0 Å². The summed E-state index contributed by atoms with van der Waals surface area (Å²) in [5.74, 6) is 0. The molecule has 0 saturated carbocycles. The van der Waals surface area contributed by atoms with Crippen molar-refractivity contribution in [2.75, 3.05) is 10.5 Å². The molecule has 0 radical (unpaired) electrons. The van der Waals surface area contributed by atoms with Crippen LogP contribution in [0.4, 0.5) is 11.4 Å². The van der Waals surface area contributed by atoms with Gasteiger partial charge in [-0.2, -0.15) is 0 Å². The molecule has 2 rings (SSSR count). The monoisotopic (exact) mass is 296 g/mol. The first-order valence-corrected chi connectivity index (χ1v) is 7.38. The van der Waals surface area contributed by atoms with Crippen molar-refractivity contribution >= 4 is 33.0 Å². The Morgan fingerprint density at radius 1 is 1.16 bits per heavy atom. The summed E-state index contributed by atoms with van der Waals surface area (Å²) in [6.07, 6.45) is 0. The number of rotatable bonds is 3. The fourth-order valence-electron chi connectivity index (χ4n) is 1.70. The Labute approximate surface area is 117 Å². The number of nitrogens with one attached hydrogen (secondary N) is 1. The van der Waals surface area contributed by atoms with Gasteiger partial charge in [0.1, 0.15) is 0 Å². The van der Waals surface area contributed by atoms with E-state index in [1.54, 1.807) is 37.3 Å². The number of anilines is 2. The minimum absolute atomic E-state index is 0.130. The zero-order valence-electron chi connectivity index (χ0n) is 10.2. The minimum atomic E-state index is -3.66. The summed E-state index contributed by atoms with van der Waals surface area (Å²) in [6.45, 7) is 1.79. The Kier molecular flexibility index (Phi) is 3.68. The number of aryl methyl sites for hydroxylation is 1. The van der Waals surface area contributed by atoms with E-state index in [4.69, 9.17) is 17.3 Å². The van der Waals surface area contributed by atoms with Gasteiger partial charge in [-0.05, 0) is 48.9 Å². The lowest BCUT2D eigenvalue weighted by molar-refractivity contribution is 0.601. The van der Waals surface area contributed by atoms with Gasteiger partial charge in [-0.1, -0.05) is 17.7 Å². The lowest BCUT2D eigenvalue weighted by atomic mass is 10.2. The van der Waals surface area contributed by atoms with E-state index in [1.807, 2.05) is 0 Å². The maximum atomic E-state index is 12.2. The van der Waals surface area contributed by atoms with Crippen LogP contribution in [0.3, 0.4) is 0 Å². The highest BCUT2D eigenvalue weighted by Crippen LogP contribution is 2.21. The van der Waals surface area contributed by atoms with Crippen molar-refractivity contribution in [2.45, 2.75) is 11.8 Å². The number of hydrogen-bond donors (Lipinski definition) is 2. The zero-order chi connectivity index (χ0) is 14.0. The normalized spacial score (nSPS) is 11.3. The summed E-state index contributed by atoms with van der Waals surface area (Å²) in [6, 6.07) is 11.2. The van der Waals surface area contributed by atoms with Gasteiger partial charge in [-0.3, -0.25) is 4.72 Å². The molecule has 3 N–H and O–H groups in total. The number of sulfonamides is 1. The third-order valence-electron chi connectivity index (χ3n) is 2.46. The van der Waals surface area contributed by atoms with Gasteiger partial charge >= 0.3 is 0 Å². The summed E-state index contributed by atoms with van der Waals surface area (Å²) in [7, 11) is -3.66. The van der Waals surface area contributed by atoms with E-state index in [0.717, 1.165) is 5.56 Å². The molecule has 100 valence electrons. The molecule has 4 nitrogen and oxygen atoms in total. The van der Waals surface area contributed by atoms with Crippen LogP contribution >= 0.6 is 11.6 Å². The number of benzene rings is 2. The van der Waals surface area contributed by atoms with Crippen molar-refractivity contribution in [3.63, 3.8) is 0 Å². The molecule has 0 spiro atoms. The van der Waals surface area contributed by atoms with Crippen molar-refractivity contribution in [3.05, 3.63) is 53.1 Å². The Hall–Kier alpha value is -1.72. The van der Waals surface area contributed by atoms with Crippen LogP contribution in [0.15, 0.2) is 47.4 Å². The Morgan fingerprint density at radius 2 is 1.89 bits per heavy atom. The third kappa shape index (κ3) is 3.39. The molecule has 19 heavy (non-hydrogen) atoms. The molecular formula is C13H13ClN2O2S.